The fourth-order valence-electron chi connectivity index (χ4n) is 3.60. The number of likely N-dealkylation sites (tertiary alicyclic amines) is 1. The molecular weight excluding hydrogens is 354 g/mol. The summed E-state index contributed by atoms with van der Waals surface area (Å²) >= 11 is 0. The zero-order valence-corrected chi connectivity index (χ0v) is 15.4. The summed E-state index contributed by atoms with van der Waals surface area (Å²) in [6, 6.07) is 8.81. The standard InChI is InChI=1S/C20H22F2N2O3/c1-26-14-6-8-19(27-2)15(11-14)18-4-3-9-24(18)12-20(25)23-17-7-5-13(21)10-16(17)22/h5-8,10-11,18H,3-4,9,12H2,1-2H3,(H,23,25)/p+1/t18-/m0/s1. The van der Waals surface area contributed by atoms with Crippen LogP contribution in [-0.2, 0) is 4.79 Å². The van der Waals surface area contributed by atoms with Gasteiger partial charge in [-0.25, -0.2) is 8.78 Å². The van der Waals surface area contributed by atoms with Crippen molar-refractivity contribution in [1.82, 2.24) is 0 Å². The Labute approximate surface area is 156 Å². The summed E-state index contributed by atoms with van der Waals surface area (Å²) in [5.41, 5.74) is 0.973. The maximum atomic E-state index is 13.8. The molecule has 1 aliphatic rings. The van der Waals surface area contributed by atoms with Gasteiger partial charge in [0.05, 0.1) is 32.0 Å². The number of hydrogen-bond donors (Lipinski definition) is 2. The van der Waals surface area contributed by atoms with Gasteiger partial charge in [0.15, 0.2) is 6.54 Å². The van der Waals surface area contributed by atoms with E-state index >= 15 is 0 Å². The Morgan fingerprint density at radius 2 is 2.00 bits per heavy atom. The molecule has 0 bridgehead atoms. The number of methoxy groups -OCH3 is 2. The Bertz CT molecular complexity index is 829. The van der Waals surface area contributed by atoms with Crippen LogP contribution in [0.5, 0.6) is 11.5 Å². The molecule has 2 atom stereocenters. The first-order valence-corrected chi connectivity index (χ1v) is 8.83. The van der Waals surface area contributed by atoms with Gasteiger partial charge in [-0.15, -0.1) is 0 Å². The average Bonchev–Trinajstić information content (AvgIpc) is 3.11. The number of benzene rings is 2. The lowest BCUT2D eigenvalue weighted by molar-refractivity contribution is -0.910. The first-order valence-electron chi connectivity index (χ1n) is 8.83. The number of anilines is 1. The van der Waals surface area contributed by atoms with Crippen molar-refractivity contribution in [1.29, 1.82) is 0 Å². The van der Waals surface area contributed by atoms with Gasteiger partial charge in [0.1, 0.15) is 29.2 Å². The largest absolute Gasteiger partial charge is 0.497 e. The molecule has 1 unspecified atom stereocenters. The van der Waals surface area contributed by atoms with Gasteiger partial charge >= 0.3 is 0 Å². The first-order chi connectivity index (χ1) is 13.0. The molecule has 144 valence electrons. The summed E-state index contributed by atoms with van der Waals surface area (Å²) in [7, 11) is 3.22. The van der Waals surface area contributed by atoms with Gasteiger partial charge in [-0.1, -0.05) is 0 Å². The second kappa shape index (κ2) is 8.35. The summed E-state index contributed by atoms with van der Waals surface area (Å²) in [6.07, 6.45) is 1.88. The van der Waals surface area contributed by atoms with E-state index in [-0.39, 0.29) is 24.2 Å². The summed E-state index contributed by atoms with van der Waals surface area (Å²) < 4.78 is 37.6. The van der Waals surface area contributed by atoms with Crippen molar-refractivity contribution in [3.05, 3.63) is 53.6 Å². The van der Waals surface area contributed by atoms with Crippen molar-refractivity contribution in [2.75, 3.05) is 32.6 Å². The molecule has 0 spiro atoms. The number of carbonyl (C=O) groups is 1. The van der Waals surface area contributed by atoms with Gasteiger partial charge in [0.25, 0.3) is 5.91 Å². The molecule has 27 heavy (non-hydrogen) atoms. The Morgan fingerprint density at radius 1 is 1.19 bits per heavy atom. The van der Waals surface area contributed by atoms with Gasteiger partial charge in [0.2, 0.25) is 0 Å². The minimum Gasteiger partial charge on any atom is -0.497 e. The third-order valence-corrected chi connectivity index (χ3v) is 4.89. The van der Waals surface area contributed by atoms with E-state index in [0.29, 0.717) is 0 Å². The highest BCUT2D eigenvalue weighted by Crippen LogP contribution is 2.31. The number of halogens is 2. The predicted octanol–water partition coefficient (Wildman–Crippen LogP) is 2.34. The van der Waals surface area contributed by atoms with Crippen LogP contribution in [0.15, 0.2) is 36.4 Å². The molecule has 1 heterocycles. The Balaban J connectivity index is 1.74. The molecule has 2 aromatic rings. The average molecular weight is 377 g/mol. The summed E-state index contributed by atoms with van der Waals surface area (Å²) in [6.45, 7) is 1.01. The zero-order valence-electron chi connectivity index (χ0n) is 15.4. The van der Waals surface area contributed by atoms with Crippen LogP contribution in [0.2, 0.25) is 0 Å². The second-order valence-electron chi connectivity index (χ2n) is 6.56. The number of quaternary nitrogens is 1. The number of hydrogen-bond acceptors (Lipinski definition) is 3. The van der Waals surface area contributed by atoms with E-state index in [1.807, 2.05) is 18.2 Å². The van der Waals surface area contributed by atoms with Crippen molar-refractivity contribution in [3.8, 4) is 11.5 Å². The quantitative estimate of drug-likeness (QED) is 0.813. The van der Waals surface area contributed by atoms with Gasteiger partial charge in [-0.2, -0.15) is 0 Å². The van der Waals surface area contributed by atoms with Gasteiger partial charge in [-0.05, 0) is 30.3 Å². The maximum absolute atomic E-state index is 13.8. The van der Waals surface area contributed by atoms with Crippen molar-refractivity contribution in [2.24, 2.45) is 0 Å². The van der Waals surface area contributed by atoms with E-state index in [0.717, 1.165) is 53.5 Å². The van der Waals surface area contributed by atoms with Gasteiger partial charge in [-0.3, -0.25) is 4.79 Å². The number of nitrogens with one attached hydrogen (secondary N) is 2. The van der Waals surface area contributed by atoms with E-state index in [4.69, 9.17) is 9.47 Å². The van der Waals surface area contributed by atoms with E-state index in [1.165, 1.54) is 6.07 Å². The van der Waals surface area contributed by atoms with Crippen LogP contribution >= 0.6 is 0 Å². The highest BCUT2D eigenvalue weighted by Gasteiger charge is 2.34. The molecule has 1 aliphatic heterocycles. The SMILES string of the molecule is COc1ccc(OC)c([C@@H]2CCC[NH+]2CC(=O)Nc2ccc(F)cc2F)c1. The third-order valence-electron chi connectivity index (χ3n) is 4.89. The van der Waals surface area contributed by atoms with E-state index in [1.54, 1.807) is 14.2 Å². The van der Waals surface area contributed by atoms with Gasteiger partial charge in [0, 0.05) is 18.9 Å². The minimum absolute atomic E-state index is 0.0180. The molecule has 2 aromatic carbocycles. The molecule has 1 fully saturated rings. The van der Waals surface area contributed by atoms with Crippen LogP contribution in [0.1, 0.15) is 24.4 Å². The highest BCUT2D eigenvalue weighted by molar-refractivity contribution is 5.91. The lowest BCUT2D eigenvalue weighted by Gasteiger charge is -2.23. The molecular formula is C20H23F2N2O3+. The minimum atomic E-state index is -0.786. The second-order valence-corrected chi connectivity index (χ2v) is 6.56. The normalized spacial score (nSPS) is 19.0. The summed E-state index contributed by atoms with van der Waals surface area (Å²) in [5, 5.41) is 2.53. The number of rotatable bonds is 6. The number of ether oxygens (including phenoxy) is 2. The number of amides is 1. The molecule has 1 amide bonds. The molecule has 0 radical (unpaired) electrons. The van der Waals surface area contributed by atoms with Crippen molar-refractivity contribution in [2.45, 2.75) is 18.9 Å². The van der Waals surface area contributed by atoms with Crippen LogP contribution in [0.25, 0.3) is 0 Å². The van der Waals surface area contributed by atoms with Crippen molar-refractivity contribution in [3.63, 3.8) is 0 Å². The molecule has 0 aliphatic carbocycles. The molecule has 7 heteroatoms. The van der Waals surface area contributed by atoms with Crippen LogP contribution in [0.3, 0.4) is 0 Å². The van der Waals surface area contributed by atoms with Crippen molar-refractivity contribution >= 4 is 11.6 Å². The zero-order chi connectivity index (χ0) is 19.4. The third kappa shape index (κ3) is 4.36. The van der Waals surface area contributed by atoms with Crippen LogP contribution in [0, 0.1) is 11.6 Å². The topological polar surface area (TPSA) is 52.0 Å². The Kier molecular flexibility index (Phi) is 5.91. The van der Waals surface area contributed by atoms with E-state index in [9.17, 15) is 13.6 Å². The lowest BCUT2D eigenvalue weighted by Crippen LogP contribution is -3.11. The monoisotopic (exact) mass is 377 g/mol. The molecule has 1 saturated heterocycles. The van der Waals surface area contributed by atoms with E-state index < -0.39 is 11.6 Å². The van der Waals surface area contributed by atoms with Crippen molar-refractivity contribution < 1.29 is 27.9 Å². The summed E-state index contributed by atoms with van der Waals surface area (Å²) in [5.74, 6) is -0.295. The summed E-state index contributed by atoms with van der Waals surface area (Å²) in [4.78, 5) is 13.5. The first kappa shape index (κ1) is 19.1. The molecule has 3 rings (SSSR count). The smallest absolute Gasteiger partial charge is 0.279 e. The highest BCUT2D eigenvalue weighted by atomic mass is 19.1. The Morgan fingerprint density at radius 3 is 2.70 bits per heavy atom. The number of carbonyl (C=O) groups excluding carboxylic acids is 1. The van der Waals surface area contributed by atoms with Crippen LogP contribution in [-0.4, -0.2) is 33.2 Å². The molecule has 0 saturated carbocycles. The maximum Gasteiger partial charge on any atom is 0.279 e. The fourth-order valence-corrected chi connectivity index (χ4v) is 3.60. The van der Waals surface area contributed by atoms with Gasteiger partial charge < -0.3 is 19.7 Å². The molecule has 0 aromatic heterocycles. The van der Waals surface area contributed by atoms with Crippen LogP contribution < -0.4 is 19.7 Å². The fraction of sp³-hybridized carbons (Fsp3) is 0.350. The Hall–Kier alpha value is -2.67. The molecule has 2 N–H and O–H groups in total. The lowest BCUT2D eigenvalue weighted by atomic mass is 10.0. The van der Waals surface area contributed by atoms with E-state index in [2.05, 4.69) is 5.32 Å². The molecule has 5 nitrogen and oxygen atoms in total. The predicted molar refractivity (Wildman–Crippen MR) is 97.2 cm³/mol. The van der Waals surface area contributed by atoms with Crippen LogP contribution in [0.4, 0.5) is 14.5 Å².